The summed E-state index contributed by atoms with van der Waals surface area (Å²) in [5, 5.41) is 12.0. The average molecular weight is 204 g/mol. The first-order valence-electron chi connectivity index (χ1n) is 4.01. The Morgan fingerprint density at radius 2 is 2.14 bits per heavy atom. The van der Waals surface area contributed by atoms with Gasteiger partial charge in [-0.25, -0.2) is 0 Å². The molecule has 0 aliphatic carbocycles. The first kappa shape index (κ1) is 8.79. The van der Waals surface area contributed by atoms with Gasteiger partial charge in [-0.3, -0.25) is 4.99 Å². The van der Waals surface area contributed by atoms with Crippen LogP contribution in [0, 0.1) is 11.3 Å². The van der Waals surface area contributed by atoms with E-state index in [-0.39, 0.29) is 0 Å². The van der Waals surface area contributed by atoms with Crippen molar-refractivity contribution in [1.82, 2.24) is 0 Å². The highest BCUT2D eigenvalue weighted by Gasteiger charge is 2.09. The van der Waals surface area contributed by atoms with Gasteiger partial charge in [0.05, 0.1) is 11.4 Å². The van der Waals surface area contributed by atoms with Crippen molar-refractivity contribution in [2.45, 2.75) is 0 Å². The SMILES string of the molecule is N#CC1=C(Cl)Nc2ccccc2N=C1. The van der Waals surface area contributed by atoms with Crippen LogP contribution in [0.2, 0.25) is 0 Å². The van der Waals surface area contributed by atoms with Crippen LogP contribution in [0.1, 0.15) is 0 Å². The second-order valence-corrected chi connectivity index (χ2v) is 3.12. The molecule has 68 valence electrons. The predicted octanol–water partition coefficient (Wildman–Crippen LogP) is 2.79. The smallest absolute Gasteiger partial charge is 0.126 e. The molecule has 0 aromatic heterocycles. The summed E-state index contributed by atoms with van der Waals surface area (Å²) in [5.41, 5.74) is 1.91. The van der Waals surface area contributed by atoms with E-state index in [1.54, 1.807) is 0 Å². The lowest BCUT2D eigenvalue weighted by Gasteiger charge is -2.04. The molecule has 0 saturated carbocycles. The van der Waals surface area contributed by atoms with Crippen LogP contribution in [0.5, 0.6) is 0 Å². The van der Waals surface area contributed by atoms with Crippen molar-refractivity contribution < 1.29 is 0 Å². The molecule has 4 heteroatoms. The fraction of sp³-hybridized carbons (Fsp3) is 0. The summed E-state index contributed by atoms with van der Waals surface area (Å²) < 4.78 is 0. The highest BCUT2D eigenvalue weighted by molar-refractivity contribution is 6.33. The molecule has 14 heavy (non-hydrogen) atoms. The van der Waals surface area contributed by atoms with Crippen LogP contribution in [-0.2, 0) is 0 Å². The van der Waals surface area contributed by atoms with Crippen LogP contribution in [0.15, 0.2) is 40.0 Å². The zero-order valence-corrected chi connectivity index (χ0v) is 7.92. The lowest BCUT2D eigenvalue weighted by Crippen LogP contribution is -1.95. The molecule has 1 aromatic carbocycles. The fourth-order valence-corrected chi connectivity index (χ4v) is 1.34. The van der Waals surface area contributed by atoms with Gasteiger partial charge >= 0.3 is 0 Å². The number of allylic oxidation sites excluding steroid dienone is 1. The Balaban J connectivity index is 2.52. The molecule has 1 heterocycles. The van der Waals surface area contributed by atoms with Crippen LogP contribution in [0.4, 0.5) is 11.4 Å². The van der Waals surface area contributed by atoms with E-state index in [4.69, 9.17) is 16.9 Å². The molecule has 0 amide bonds. The first-order valence-corrected chi connectivity index (χ1v) is 4.39. The quantitative estimate of drug-likeness (QED) is 0.659. The number of para-hydroxylation sites is 2. The van der Waals surface area contributed by atoms with Gasteiger partial charge < -0.3 is 5.32 Å². The number of nitrogens with zero attached hydrogens (tertiary/aromatic N) is 2. The molecule has 0 spiro atoms. The first-order chi connectivity index (χ1) is 6.81. The van der Waals surface area contributed by atoms with Gasteiger partial charge in [-0.05, 0) is 12.1 Å². The van der Waals surface area contributed by atoms with Gasteiger partial charge in [0.2, 0.25) is 0 Å². The molecule has 1 N–H and O–H groups in total. The summed E-state index contributed by atoms with van der Waals surface area (Å²) in [6.07, 6.45) is 1.46. The van der Waals surface area contributed by atoms with E-state index in [9.17, 15) is 0 Å². The van der Waals surface area contributed by atoms with Crippen LogP contribution in [0.3, 0.4) is 0 Å². The molecule has 1 aromatic rings. The van der Waals surface area contributed by atoms with E-state index in [0.717, 1.165) is 11.4 Å². The molecule has 0 fully saturated rings. The predicted molar refractivity (Wildman–Crippen MR) is 56.7 cm³/mol. The molecular weight excluding hydrogens is 198 g/mol. The molecule has 1 aliphatic rings. The maximum absolute atomic E-state index is 8.74. The monoisotopic (exact) mass is 203 g/mol. The standard InChI is InChI=1S/C10H6ClN3/c11-10-7(5-12)6-13-8-3-1-2-4-9(8)14-10/h1-4,6,14H. The van der Waals surface area contributed by atoms with E-state index in [0.29, 0.717) is 10.7 Å². The average Bonchev–Trinajstić information content (AvgIpc) is 2.36. The topological polar surface area (TPSA) is 48.2 Å². The molecule has 0 bridgehead atoms. The van der Waals surface area contributed by atoms with Crippen LogP contribution in [0.25, 0.3) is 0 Å². The Bertz CT molecular complexity index is 469. The number of hydrogen-bond acceptors (Lipinski definition) is 3. The van der Waals surface area contributed by atoms with Crippen molar-refractivity contribution >= 4 is 29.2 Å². The molecule has 0 saturated heterocycles. The Labute approximate surface area is 86.3 Å². The van der Waals surface area contributed by atoms with Crippen molar-refractivity contribution in [3.8, 4) is 6.07 Å². The Hall–Kier alpha value is -1.79. The van der Waals surface area contributed by atoms with Gasteiger partial charge in [0.15, 0.2) is 0 Å². The minimum atomic E-state index is 0.307. The van der Waals surface area contributed by atoms with Gasteiger partial charge in [-0.2, -0.15) is 5.26 Å². The van der Waals surface area contributed by atoms with Crippen molar-refractivity contribution in [2.75, 3.05) is 5.32 Å². The van der Waals surface area contributed by atoms with E-state index in [1.165, 1.54) is 6.21 Å². The number of nitrogens with one attached hydrogen (secondary N) is 1. The highest BCUT2D eigenvalue weighted by atomic mass is 35.5. The van der Waals surface area contributed by atoms with Gasteiger partial charge in [-0.1, -0.05) is 23.7 Å². The molecule has 1 aliphatic heterocycles. The van der Waals surface area contributed by atoms with Gasteiger partial charge in [0.25, 0.3) is 0 Å². The van der Waals surface area contributed by atoms with E-state index >= 15 is 0 Å². The van der Waals surface area contributed by atoms with E-state index in [2.05, 4.69) is 10.3 Å². The summed E-state index contributed by atoms with van der Waals surface area (Å²) in [7, 11) is 0. The lowest BCUT2D eigenvalue weighted by molar-refractivity contribution is 1.49. The second kappa shape index (κ2) is 3.52. The largest absolute Gasteiger partial charge is 0.343 e. The summed E-state index contributed by atoms with van der Waals surface area (Å²) in [5.74, 6) is 0. The number of nitriles is 1. The number of benzene rings is 1. The van der Waals surface area contributed by atoms with Crippen LogP contribution in [-0.4, -0.2) is 6.21 Å². The number of halogens is 1. The van der Waals surface area contributed by atoms with E-state index < -0.39 is 0 Å². The number of fused-ring (bicyclic) bond motifs is 1. The lowest BCUT2D eigenvalue weighted by atomic mass is 10.3. The maximum atomic E-state index is 8.74. The van der Waals surface area contributed by atoms with Gasteiger partial charge in [-0.15, -0.1) is 0 Å². The van der Waals surface area contributed by atoms with Crippen molar-refractivity contribution in [3.63, 3.8) is 0 Å². The minimum Gasteiger partial charge on any atom is -0.343 e. The second-order valence-electron chi connectivity index (χ2n) is 2.74. The van der Waals surface area contributed by atoms with Crippen molar-refractivity contribution in [3.05, 3.63) is 35.0 Å². The fourth-order valence-electron chi connectivity index (χ4n) is 1.15. The van der Waals surface area contributed by atoms with Gasteiger partial charge in [0.1, 0.15) is 16.8 Å². The Kier molecular flexibility index (Phi) is 2.21. The highest BCUT2D eigenvalue weighted by Crippen LogP contribution is 2.29. The third-order valence-corrected chi connectivity index (χ3v) is 2.14. The van der Waals surface area contributed by atoms with Gasteiger partial charge in [0, 0.05) is 6.21 Å². The zero-order valence-electron chi connectivity index (χ0n) is 7.16. The molecule has 0 unspecified atom stereocenters. The Morgan fingerprint density at radius 1 is 1.36 bits per heavy atom. The summed E-state index contributed by atoms with van der Waals surface area (Å²) in [4.78, 5) is 4.14. The number of hydrogen-bond donors (Lipinski definition) is 1. The Morgan fingerprint density at radius 3 is 2.93 bits per heavy atom. The molecule has 2 rings (SSSR count). The zero-order chi connectivity index (χ0) is 9.97. The minimum absolute atomic E-state index is 0.307. The number of rotatable bonds is 0. The van der Waals surface area contributed by atoms with Crippen LogP contribution < -0.4 is 5.32 Å². The third kappa shape index (κ3) is 1.48. The normalized spacial score (nSPS) is 14.0. The third-order valence-electron chi connectivity index (χ3n) is 1.84. The maximum Gasteiger partial charge on any atom is 0.126 e. The molecule has 0 radical (unpaired) electrons. The molecule has 0 atom stereocenters. The number of aliphatic imine (C=N–C) groups is 1. The molecule has 3 nitrogen and oxygen atoms in total. The summed E-state index contributed by atoms with van der Waals surface area (Å²) >= 11 is 5.87. The van der Waals surface area contributed by atoms with Crippen molar-refractivity contribution in [2.24, 2.45) is 4.99 Å². The summed E-state index contributed by atoms with van der Waals surface area (Å²) in [6.45, 7) is 0. The molecular formula is C10H6ClN3. The number of anilines is 1. The van der Waals surface area contributed by atoms with Crippen LogP contribution >= 0.6 is 11.6 Å². The summed E-state index contributed by atoms with van der Waals surface area (Å²) in [6, 6.07) is 9.43. The van der Waals surface area contributed by atoms with E-state index in [1.807, 2.05) is 30.3 Å². The van der Waals surface area contributed by atoms with Crippen molar-refractivity contribution in [1.29, 1.82) is 5.26 Å².